The monoisotopic (exact) mass is 321 g/mol. The van der Waals surface area contributed by atoms with Gasteiger partial charge in [0.05, 0.1) is 11.7 Å². The van der Waals surface area contributed by atoms with Crippen molar-refractivity contribution in [1.29, 1.82) is 0 Å². The van der Waals surface area contributed by atoms with E-state index in [-0.39, 0.29) is 24.4 Å². The third kappa shape index (κ3) is 2.50. The van der Waals surface area contributed by atoms with Crippen molar-refractivity contribution in [3.05, 3.63) is 28.1 Å². The third-order valence-corrected chi connectivity index (χ3v) is 4.85. The van der Waals surface area contributed by atoms with Crippen LogP contribution in [-0.4, -0.2) is 32.1 Å². The van der Waals surface area contributed by atoms with Gasteiger partial charge in [-0.1, -0.05) is 0 Å². The number of aliphatic carboxylic acids is 1. The highest BCUT2D eigenvalue weighted by Gasteiger charge is 2.45. The summed E-state index contributed by atoms with van der Waals surface area (Å²) in [5, 5.41) is 14.1. The summed E-state index contributed by atoms with van der Waals surface area (Å²) in [4.78, 5) is 40.2. The standard InChI is InChI=1S/C14H15N3O4S/c18-10(16-14(13(20)21)4-1-5-14)2-6-17-8-15-11-9(12(17)19)3-7-22-11/h3,7-8H,1-2,4-6H2,(H,16,18)(H,20,21). The number of fused-ring (bicyclic) bond motifs is 1. The van der Waals surface area contributed by atoms with Crippen LogP contribution in [0, 0.1) is 0 Å². The molecule has 0 aliphatic heterocycles. The Bertz CT molecular complexity index is 791. The predicted octanol–water partition coefficient (Wildman–Crippen LogP) is 0.972. The Labute approximate surface area is 129 Å². The van der Waals surface area contributed by atoms with Gasteiger partial charge in [-0.05, 0) is 30.7 Å². The van der Waals surface area contributed by atoms with Crippen molar-refractivity contribution in [1.82, 2.24) is 14.9 Å². The summed E-state index contributed by atoms with van der Waals surface area (Å²) < 4.78 is 1.38. The minimum absolute atomic E-state index is 0.0479. The number of rotatable bonds is 5. The number of thiophene rings is 1. The van der Waals surface area contributed by atoms with E-state index in [0.29, 0.717) is 23.1 Å². The zero-order chi connectivity index (χ0) is 15.7. The maximum Gasteiger partial charge on any atom is 0.329 e. The number of carbonyl (C=O) groups is 2. The van der Waals surface area contributed by atoms with Gasteiger partial charge in [0.15, 0.2) is 0 Å². The van der Waals surface area contributed by atoms with Gasteiger partial charge in [0, 0.05) is 13.0 Å². The zero-order valence-electron chi connectivity index (χ0n) is 11.7. The van der Waals surface area contributed by atoms with Gasteiger partial charge in [-0.15, -0.1) is 11.3 Å². The van der Waals surface area contributed by atoms with E-state index in [4.69, 9.17) is 0 Å². The lowest BCUT2D eigenvalue weighted by Gasteiger charge is -2.38. The summed E-state index contributed by atoms with van der Waals surface area (Å²) in [6.45, 7) is 0.180. The molecule has 1 amide bonds. The highest BCUT2D eigenvalue weighted by molar-refractivity contribution is 7.16. The lowest BCUT2D eigenvalue weighted by Crippen LogP contribution is -2.59. The first-order valence-electron chi connectivity index (χ1n) is 6.99. The molecular weight excluding hydrogens is 306 g/mol. The first kappa shape index (κ1) is 14.7. The minimum atomic E-state index is -1.11. The van der Waals surface area contributed by atoms with Crippen LogP contribution < -0.4 is 10.9 Å². The van der Waals surface area contributed by atoms with Crippen molar-refractivity contribution in [2.75, 3.05) is 0 Å². The number of aryl methyl sites for hydroxylation is 1. The second-order valence-electron chi connectivity index (χ2n) is 5.42. The highest BCUT2D eigenvalue weighted by atomic mass is 32.1. The van der Waals surface area contributed by atoms with Crippen LogP contribution >= 0.6 is 11.3 Å². The molecule has 3 rings (SSSR count). The summed E-state index contributed by atoms with van der Waals surface area (Å²) in [6, 6.07) is 1.71. The average Bonchev–Trinajstić information content (AvgIpc) is 2.91. The molecule has 0 spiro atoms. The Morgan fingerprint density at radius 1 is 1.45 bits per heavy atom. The molecule has 0 atom stereocenters. The van der Waals surface area contributed by atoms with Crippen LogP contribution in [-0.2, 0) is 16.1 Å². The van der Waals surface area contributed by atoms with Crippen LogP contribution in [0.2, 0.25) is 0 Å². The summed E-state index contributed by atoms with van der Waals surface area (Å²) in [6.07, 6.45) is 3.18. The number of amides is 1. The fourth-order valence-electron chi connectivity index (χ4n) is 2.53. The van der Waals surface area contributed by atoms with E-state index in [2.05, 4.69) is 10.3 Å². The van der Waals surface area contributed by atoms with Gasteiger partial charge in [0.2, 0.25) is 5.91 Å². The maximum absolute atomic E-state index is 12.2. The molecule has 0 unspecified atom stereocenters. The molecular formula is C14H15N3O4S. The van der Waals surface area contributed by atoms with Crippen molar-refractivity contribution in [3.8, 4) is 0 Å². The van der Waals surface area contributed by atoms with Gasteiger partial charge in [0.1, 0.15) is 10.4 Å². The number of hydrogen-bond acceptors (Lipinski definition) is 5. The second kappa shape index (κ2) is 5.53. The van der Waals surface area contributed by atoms with Gasteiger partial charge in [0.25, 0.3) is 5.56 Å². The number of nitrogens with zero attached hydrogens (tertiary/aromatic N) is 2. The van der Waals surface area contributed by atoms with Gasteiger partial charge >= 0.3 is 5.97 Å². The number of aromatic nitrogens is 2. The van der Waals surface area contributed by atoms with E-state index < -0.39 is 11.5 Å². The molecule has 1 aliphatic rings. The van der Waals surface area contributed by atoms with Crippen molar-refractivity contribution in [2.45, 2.75) is 37.8 Å². The molecule has 2 aromatic rings. The van der Waals surface area contributed by atoms with Crippen LogP contribution in [0.3, 0.4) is 0 Å². The number of carboxylic acid groups (broad SMARTS) is 1. The normalized spacial score (nSPS) is 16.2. The molecule has 8 heteroatoms. The molecule has 7 nitrogen and oxygen atoms in total. The Hall–Kier alpha value is -2.22. The Kier molecular flexibility index (Phi) is 3.69. The van der Waals surface area contributed by atoms with Crippen molar-refractivity contribution in [3.63, 3.8) is 0 Å². The fourth-order valence-corrected chi connectivity index (χ4v) is 3.25. The van der Waals surface area contributed by atoms with Crippen molar-refractivity contribution < 1.29 is 14.7 Å². The third-order valence-electron chi connectivity index (χ3n) is 4.03. The number of hydrogen-bond donors (Lipinski definition) is 2. The van der Waals surface area contributed by atoms with Crippen LogP contribution in [0.1, 0.15) is 25.7 Å². The van der Waals surface area contributed by atoms with Crippen LogP contribution in [0.4, 0.5) is 0 Å². The maximum atomic E-state index is 12.2. The average molecular weight is 321 g/mol. The van der Waals surface area contributed by atoms with E-state index in [1.165, 1.54) is 22.2 Å². The molecule has 22 heavy (non-hydrogen) atoms. The fraction of sp³-hybridized carbons (Fsp3) is 0.429. The van der Waals surface area contributed by atoms with E-state index >= 15 is 0 Å². The summed E-state index contributed by atoms with van der Waals surface area (Å²) in [7, 11) is 0. The molecule has 116 valence electrons. The molecule has 0 radical (unpaired) electrons. The molecule has 1 aliphatic carbocycles. The molecule has 2 aromatic heterocycles. The van der Waals surface area contributed by atoms with E-state index in [0.717, 1.165) is 6.42 Å². The number of carbonyl (C=O) groups excluding carboxylic acids is 1. The van der Waals surface area contributed by atoms with E-state index in [1.54, 1.807) is 11.4 Å². The topological polar surface area (TPSA) is 101 Å². The summed E-state index contributed by atoms with van der Waals surface area (Å²) in [5.74, 6) is -1.36. The Morgan fingerprint density at radius 2 is 2.23 bits per heavy atom. The van der Waals surface area contributed by atoms with Crippen LogP contribution in [0.25, 0.3) is 10.2 Å². The van der Waals surface area contributed by atoms with Crippen LogP contribution in [0.15, 0.2) is 22.6 Å². The summed E-state index contributed by atoms with van der Waals surface area (Å²) >= 11 is 1.39. The molecule has 0 bridgehead atoms. The second-order valence-corrected chi connectivity index (χ2v) is 6.32. The van der Waals surface area contributed by atoms with Gasteiger partial charge < -0.3 is 10.4 Å². The lowest BCUT2D eigenvalue weighted by molar-refractivity contribution is -0.151. The van der Waals surface area contributed by atoms with Gasteiger partial charge in [-0.2, -0.15) is 0 Å². The van der Waals surface area contributed by atoms with Gasteiger partial charge in [-0.3, -0.25) is 14.2 Å². The molecule has 1 fully saturated rings. The largest absolute Gasteiger partial charge is 0.480 e. The lowest BCUT2D eigenvalue weighted by atomic mass is 9.76. The van der Waals surface area contributed by atoms with E-state index in [1.807, 2.05) is 0 Å². The number of nitrogens with one attached hydrogen (secondary N) is 1. The molecule has 0 aromatic carbocycles. The molecule has 2 heterocycles. The Balaban J connectivity index is 1.66. The predicted molar refractivity (Wildman–Crippen MR) is 80.9 cm³/mol. The van der Waals surface area contributed by atoms with E-state index in [9.17, 15) is 19.5 Å². The summed E-state index contributed by atoms with van der Waals surface area (Å²) in [5.41, 5.74) is -1.30. The first-order chi connectivity index (χ1) is 10.5. The quantitative estimate of drug-likeness (QED) is 0.854. The highest BCUT2D eigenvalue weighted by Crippen LogP contribution is 2.32. The Morgan fingerprint density at radius 3 is 2.86 bits per heavy atom. The SMILES string of the molecule is O=C(CCn1cnc2sccc2c1=O)NC1(C(=O)O)CCC1. The van der Waals surface area contributed by atoms with Crippen molar-refractivity contribution in [2.24, 2.45) is 0 Å². The van der Waals surface area contributed by atoms with Crippen LogP contribution in [0.5, 0.6) is 0 Å². The van der Waals surface area contributed by atoms with Crippen molar-refractivity contribution >= 4 is 33.4 Å². The minimum Gasteiger partial charge on any atom is -0.480 e. The molecule has 1 saturated carbocycles. The number of carboxylic acids is 1. The zero-order valence-corrected chi connectivity index (χ0v) is 12.6. The van der Waals surface area contributed by atoms with Gasteiger partial charge in [-0.25, -0.2) is 9.78 Å². The molecule has 2 N–H and O–H groups in total. The smallest absolute Gasteiger partial charge is 0.329 e. The first-order valence-corrected chi connectivity index (χ1v) is 7.87. The molecule has 0 saturated heterocycles.